The normalized spacial score (nSPS) is 18.9. The van der Waals surface area contributed by atoms with Gasteiger partial charge in [-0.05, 0) is 44.9 Å². The van der Waals surface area contributed by atoms with Crippen LogP contribution in [0, 0.1) is 11.6 Å². The van der Waals surface area contributed by atoms with Gasteiger partial charge >= 0.3 is 0 Å². The van der Waals surface area contributed by atoms with Crippen molar-refractivity contribution in [1.29, 1.82) is 0 Å². The van der Waals surface area contributed by atoms with Crippen molar-refractivity contribution in [2.75, 3.05) is 24.7 Å². The van der Waals surface area contributed by atoms with Crippen molar-refractivity contribution in [3.63, 3.8) is 0 Å². The van der Waals surface area contributed by atoms with Gasteiger partial charge in [0.15, 0.2) is 11.6 Å². The number of benzene rings is 1. The molecule has 2 fully saturated rings. The number of aromatic nitrogens is 2. The van der Waals surface area contributed by atoms with Crippen LogP contribution < -0.4 is 14.4 Å². The van der Waals surface area contributed by atoms with E-state index >= 15 is 4.39 Å². The largest absolute Gasteiger partial charge is 0.487 e. The fraction of sp³-hybridized carbons (Fsp3) is 0.462. The fourth-order valence-electron chi connectivity index (χ4n) is 4.94. The Morgan fingerprint density at radius 1 is 1.18 bits per heavy atom. The predicted molar refractivity (Wildman–Crippen MR) is 137 cm³/mol. The summed E-state index contributed by atoms with van der Waals surface area (Å²) in [7, 11) is -3.83. The number of sulfonamides is 1. The molecule has 1 aromatic carbocycles. The summed E-state index contributed by atoms with van der Waals surface area (Å²) in [6.07, 6.45) is 5.44. The highest BCUT2D eigenvalue weighted by Crippen LogP contribution is 2.42. The average Bonchev–Trinajstić information content (AvgIpc) is 3.53. The summed E-state index contributed by atoms with van der Waals surface area (Å²) in [5.74, 6) is -2.14. The topological polar surface area (TPSA) is 102 Å². The Morgan fingerprint density at radius 2 is 1.95 bits per heavy atom. The van der Waals surface area contributed by atoms with E-state index in [1.54, 1.807) is 18.3 Å². The molecule has 0 unspecified atom stereocenters. The first-order valence-corrected chi connectivity index (χ1v) is 14.2. The van der Waals surface area contributed by atoms with Crippen LogP contribution in [0.1, 0.15) is 61.5 Å². The SMILES string of the molecule is CC(C)S(=O)(=O)NC(=O)c1cnn2ccc(N3CCC[C@@H]3c3cc(F)cc(F)c3OC3CCOCC3)cc12. The van der Waals surface area contributed by atoms with Crippen LogP contribution >= 0.6 is 0 Å². The first kappa shape index (κ1) is 26.4. The maximum Gasteiger partial charge on any atom is 0.268 e. The summed E-state index contributed by atoms with van der Waals surface area (Å²) in [4.78, 5) is 14.8. The number of rotatable bonds is 7. The zero-order chi connectivity index (χ0) is 27.0. The quantitative estimate of drug-likeness (QED) is 0.477. The maximum absolute atomic E-state index is 15.0. The number of hydrogen-bond acceptors (Lipinski definition) is 7. The number of hydrogen-bond donors (Lipinski definition) is 1. The molecule has 0 aliphatic carbocycles. The number of nitrogens with zero attached hydrogens (tertiary/aromatic N) is 3. The van der Waals surface area contributed by atoms with Crippen LogP contribution in [0.4, 0.5) is 14.5 Å². The third-order valence-electron chi connectivity index (χ3n) is 7.04. The molecule has 12 heteroatoms. The Labute approximate surface area is 219 Å². The smallest absolute Gasteiger partial charge is 0.268 e. The number of carbonyl (C=O) groups excluding carboxylic acids is 1. The van der Waals surface area contributed by atoms with Gasteiger partial charge in [0.05, 0.1) is 41.8 Å². The molecular formula is C26H30F2N4O5S. The lowest BCUT2D eigenvalue weighted by Gasteiger charge is -2.30. The van der Waals surface area contributed by atoms with Crippen molar-refractivity contribution < 1.29 is 31.5 Å². The van der Waals surface area contributed by atoms with Crippen molar-refractivity contribution in [3.05, 3.63) is 59.4 Å². The van der Waals surface area contributed by atoms with Gasteiger partial charge in [0, 0.05) is 42.9 Å². The zero-order valence-corrected chi connectivity index (χ0v) is 22.0. The van der Waals surface area contributed by atoms with E-state index in [0.717, 1.165) is 12.5 Å². The summed E-state index contributed by atoms with van der Waals surface area (Å²) >= 11 is 0. The maximum atomic E-state index is 15.0. The van der Waals surface area contributed by atoms with Gasteiger partial charge < -0.3 is 14.4 Å². The number of nitrogens with one attached hydrogen (secondary N) is 1. The van der Waals surface area contributed by atoms with E-state index in [1.165, 1.54) is 30.6 Å². The van der Waals surface area contributed by atoms with Crippen LogP contribution in [0.3, 0.4) is 0 Å². The molecule has 2 aliphatic rings. The van der Waals surface area contributed by atoms with Gasteiger partial charge in [0.1, 0.15) is 11.9 Å². The highest BCUT2D eigenvalue weighted by molar-refractivity contribution is 7.90. The number of halogens is 2. The van der Waals surface area contributed by atoms with E-state index < -0.39 is 32.8 Å². The Hall–Kier alpha value is -3.25. The third kappa shape index (κ3) is 5.19. The molecule has 5 rings (SSSR count). The van der Waals surface area contributed by atoms with Crippen molar-refractivity contribution >= 4 is 27.1 Å². The lowest BCUT2D eigenvalue weighted by atomic mass is 10.0. The van der Waals surface area contributed by atoms with Crippen LogP contribution in [0.15, 0.2) is 36.7 Å². The highest BCUT2D eigenvalue weighted by atomic mass is 32.2. The molecule has 2 aliphatic heterocycles. The Kier molecular flexibility index (Phi) is 7.28. The van der Waals surface area contributed by atoms with Crippen LogP contribution in [0.25, 0.3) is 5.52 Å². The number of pyridine rings is 1. The molecule has 2 aromatic heterocycles. The highest BCUT2D eigenvalue weighted by Gasteiger charge is 2.32. The van der Waals surface area contributed by atoms with E-state index in [0.29, 0.717) is 55.8 Å². The summed E-state index contributed by atoms with van der Waals surface area (Å²) in [6, 6.07) is 5.34. The molecular weight excluding hydrogens is 518 g/mol. The van der Waals surface area contributed by atoms with Crippen LogP contribution in [-0.4, -0.2) is 55.1 Å². The van der Waals surface area contributed by atoms with Gasteiger partial charge in [0.2, 0.25) is 10.0 Å². The Bertz CT molecular complexity index is 1450. The van der Waals surface area contributed by atoms with Gasteiger partial charge in [-0.15, -0.1) is 0 Å². The first-order valence-electron chi connectivity index (χ1n) is 12.7. The van der Waals surface area contributed by atoms with Crippen molar-refractivity contribution in [2.45, 2.75) is 56.9 Å². The zero-order valence-electron chi connectivity index (χ0n) is 21.2. The van der Waals surface area contributed by atoms with Crippen molar-refractivity contribution in [1.82, 2.24) is 14.3 Å². The standard InChI is InChI=1S/C26H30F2N4O5S/c1-16(2)38(34,35)30-26(33)21-15-29-32-9-5-18(14-24(21)32)31-8-3-4-23(31)20-12-17(27)13-22(28)25(20)37-19-6-10-36-11-7-19/h5,9,12-16,19,23H,3-4,6-8,10-11H2,1-2H3,(H,30,33)/t23-/m1/s1. The van der Waals surface area contributed by atoms with Crippen LogP contribution in [0.2, 0.25) is 0 Å². The molecule has 0 radical (unpaired) electrons. The molecule has 38 heavy (non-hydrogen) atoms. The van der Waals surface area contributed by atoms with Gasteiger partial charge in [-0.1, -0.05) is 0 Å². The van der Waals surface area contributed by atoms with Gasteiger partial charge in [-0.2, -0.15) is 5.10 Å². The molecule has 4 heterocycles. The van der Waals surface area contributed by atoms with Crippen LogP contribution in [-0.2, 0) is 14.8 Å². The van der Waals surface area contributed by atoms with E-state index in [9.17, 15) is 17.6 Å². The molecule has 9 nitrogen and oxygen atoms in total. The van der Waals surface area contributed by atoms with Crippen molar-refractivity contribution in [3.8, 4) is 5.75 Å². The van der Waals surface area contributed by atoms with E-state index in [4.69, 9.17) is 9.47 Å². The van der Waals surface area contributed by atoms with Crippen molar-refractivity contribution in [2.24, 2.45) is 0 Å². The van der Waals surface area contributed by atoms with Crippen LogP contribution in [0.5, 0.6) is 5.75 Å². The predicted octanol–water partition coefficient (Wildman–Crippen LogP) is 3.98. The van der Waals surface area contributed by atoms with E-state index in [1.807, 2.05) is 4.90 Å². The number of anilines is 1. The first-order chi connectivity index (χ1) is 18.1. The minimum absolute atomic E-state index is 0.0552. The van der Waals surface area contributed by atoms with E-state index in [2.05, 4.69) is 9.82 Å². The lowest BCUT2D eigenvalue weighted by molar-refractivity contribution is 0.0234. The second-order valence-electron chi connectivity index (χ2n) is 9.88. The van der Waals surface area contributed by atoms with E-state index in [-0.39, 0.29) is 23.5 Å². The molecule has 0 spiro atoms. The molecule has 1 atom stereocenters. The molecule has 3 aromatic rings. The molecule has 1 N–H and O–H groups in total. The molecule has 2 saturated heterocycles. The fourth-order valence-corrected chi connectivity index (χ4v) is 5.54. The van der Waals surface area contributed by atoms with Gasteiger partial charge in [0.25, 0.3) is 5.91 Å². The monoisotopic (exact) mass is 548 g/mol. The minimum atomic E-state index is -3.83. The summed E-state index contributed by atoms with van der Waals surface area (Å²) in [5, 5.41) is 3.40. The number of amides is 1. The number of ether oxygens (including phenoxy) is 2. The lowest BCUT2D eigenvalue weighted by Crippen LogP contribution is -2.35. The summed E-state index contributed by atoms with van der Waals surface area (Å²) in [6.45, 7) is 4.63. The third-order valence-corrected chi connectivity index (χ3v) is 8.75. The number of carbonyl (C=O) groups is 1. The second kappa shape index (κ2) is 10.5. The second-order valence-corrected chi connectivity index (χ2v) is 12.1. The summed E-state index contributed by atoms with van der Waals surface area (Å²) < 4.78 is 68.9. The average molecular weight is 549 g/mol. The van der Waals surface area contributed by atoms with Gasteiger partial charge in [-0.25, -0.2) is 26.4 Å². The minimum Gasteiger partial charge on any atom is -0.487 e. The summed E-state index contributed by atoms with van der Waals surface area (Å²) in [5.41, 5.74) is 1.66. The molecule has 1 amide bonds. The molecule has 0 bridgehead atoms. The molecule has 0 saturated carbocycles. The number of fused-ring (bicyclic) bond motifs is 1. The Morgan fingerprint density at radius 3 is 2.68 bits per heavy atom. The molecule has 204 valence electrons. The van der Waals surface area contributed by atoms with Gasteiger partial charge in [-0.3, -0.25) is 4.79 Å². The Balaban J connectivity index is 1.48.